The van der Waals surface area contributed by atoms with Crippen molar-refractivity contribution in [3.8, 4) is 5.75 Å². The van der Waals surface area contributed by atoms with Gasteiger partial charge in [0.1, 0.15) is 11.3 Å². The van der Waals surface area contributed by atoms with E-state index in [0.717, 1.165) is 12.1 Å². The molecule has 2 aromatic carbocycles. The molecule has 25 heavy (non-hydrogen) atoms. The number of carbonyl (C=O) groups excluding carboxylic acids is 1. The number of benzene rings is 2. The fraction of sp³-hybridized carbons (Fsp3) is 0.176. The number of ether oxygens (including phenoxy) is 1. The van der Waals surface area contributed by atoms with Crippen LogP contribution < -0.4 is 10.1 Å². The number of aryl methyl sites for hydroxylation is 1. The molecule has 0 bridgehead atoms. The highest BCUT2D eigenvalue weighted by Crippen LogP contribution is 2.30. The molecule has 1 amide bonds. The molecule has 1 heterocycles. The molecular formula is C17H13F3N2O3. The summed E-state index contributed by atoms with van der Waals surface area (Å²) in [4.78, 5) is 16.0. The van der Waals surface area contributed by atoms with Gasteiger partial charge in [-0.3, -0.25) is 4.79 Å². The Kier molecular flexibility index (Phi) is 4.35. The maximum absolute atomic E-state index is 12.5. The SMILES string of the molecule is Cc1nc2ccc(NC(=O)COc3ccc(C(F)(F)F)cc3)cc2o1. The van der Waals surface area contributed by atoms with Crippen LogP contribution in [0.15, 0.2) is 46.9 Å². The number of hydrogen-bond donors (Lipinski definition) is 1. The third-order valence-electron chi connectivity index (χ3n) is 3.33. The molecule has 0 aliphatic carbocycles. The fourth-order valence-electron chi connectivity index (χ4n) is 2.20. The highest BCUT2D eigenvalue weighted by Gasteiger charge is 2.30. The molecule has 3 rings (SSSR count). The molecule has 130 valence electrons. The summed E-state index contributed by atoms with van der Waals surface area (Å²) >= 11 is 0. The van der Waals surface area contributed by atoms with Crippen molar-refractivity contribution in [2.24, 2.45) is 0 Å². The summed E-state index contributed by atoms with van der Waals surface area (Å²) in [6, 6.07) is 9.13. The Morgan fingerprint density at radius 2 is 1.92 bits per heavy atom. The van der Waals surface area contributed by atoms with Crippen LogP contribution in [0.2, 0.25) is 0 Å². The average Bonchev–Trinajstić information content (AvgIpc) is 2.92. The zero-order chi connectivity index (χ0) is 18.0. The topological polar surface area (TPSA) is 64.4 Å². The van der Waals surface area contributed by atoms with E-state index in [1.165, 1.54) is 12.1 Å². The predicted molar refractivity (Wildman–Crippen MR) is 84.3 cm³/mol. The molecule has 0 aliphatic rings. The predicted octanol–water partition coefficient (Wildman–Crippen LogP) is 4.17. The molecule has 0 unspecified atom stereocenters. The van der Waals surface area contributed by atoms with Crippen LogP contribution in [0.1, 0.15) is 11.5 Å². The molecule has 0 spiro atoms. The van der Waals surface area contributed by atoms with Gasteiger partial charge in [-0.05, 0) is 36.4 Å². The number of anilines is 1. The lowest BCUT2D eigenvalue weighted by Gasteiger charge is -2.09. The van der Waals surface area contributed by atoms with Crippen LogP contribution in [0.4, 0.5) is 18.9 Å². The molecule has 0 saturated heterocycles. The van der Waals surface area contributed by atoms with E-state index < -0.39 is 17.6 Å². The minimum Gasteiger partial charge on any atom is -0.484 e. The molecule has 3 aromatic rings. The van der Waals surface area contributed by atoms with Gasteiger partial charge < -0.3 is 14.5 Å². The first-order chi connectivity index (χ1) is 11.8. The van der Waals surface area contributed by atoms with Gasteiger partial charge in [0, 0.05) is 18.7 Å². The summed E-state index contributed by atoms with van der Waals surface area (Å²) in [6.45, 7) is 1.38. The van der Waals surface area contributed by atoms with Crippen molar-refractivity contribution >= 4 is 22.7 Å². The Labute approximate surface area is 140 Å². The Hall–Kier alpha value is -3.03. The van der Waals surface area contributed by atoms with Crippen molar-refractivity contribution in [2.45, 2.75) is 13.1 Å². The lowest BCUT2D eigenvalue weighted by Crippen LogP contribution is -2.20. The lowest BCUT2D eigenvalue weighted by atomic mass is 10.2. The minimum atomic E-state index is -4.41. The van der Waals surface area contributed by atoms with Gasteiger partial charge in [0.25, 0.3) is 5.91 Å². The number of hydrogen-bond acceptors (Lipinski definition) is 4. The molecule has 0 aliphatic heterocycles. The number of nitrogens with zero attached hydrogens (tertiary/aromatic N) is 1. The molecule has 0 atom stereocenters. The standard InChI is InChI=1S/C17H13F3N2O3/c1-10-21-14-7-4-12(8-15(14)25-10)22-16(23)9-24-13-5-2-11(3-6-13)17(18,19)20/h2-8H,9H2,1H3,(H,22,23). The van der Waals surface area contributed by atoms with Crippen molar-refractivity contribution in [3.63, 3.8) is 0 Å². The third-order valence-corrected chi connectivity index (χ3v) is 3.33. The van der Waals surface area contributed by atoms with Crippen molar-refractivity contribution in [3.05, 3.63) is 53.9 Å². The molecule has 1 aromatic heterocycles. The maximum atomic E-state index is 12.5. The van der Waals surface area contributed by atoms with Gasteiger partial charge in [0.15, 0.2) is 18.1 Å². The summed E-state index contributed by atoms with van der Waals surface area (Å²) < 4.78 is 48.0. The first kappa shape index (κ1) is 16.8. The number of nitrogens with one attached hydrogen (secondary N) is 1. The highest BCUT2D eigenvalue weighted by molar-refractivity contribution is 5.93. The van der Waals surface area contributed by atoms with E-state index in [1.807, 2.05) is 0 Å². The van der Waals surface area contributed by atoms with Gasteiger partial charge in [0.2, 0.25) is 0 Å². The number of alkyl halides is 3. The highest BCUT2D eigenvalue weighted by atomic mass is 19.4. The minimum absolute atomic E-state index is 0.171. The number of aromatic nitrogens is 1. The second-order valence-corrected chi connectivity index (χ2v) is 5.27. The molecule has 5 nitrogen and oxygen atoms in total. The number of amides is 1. The second-order valence-electron chi connectivity index (χ2n) is 5.27. The van der Waals surface area contributed by atoms with E-state index in [0.29, 0.717) is 22.7 Å². The van der Waals surface area contributed by atoms with E-state index in [4.69, 9.17) is 9.15 Å². The Bertz CT molecular complexity index is 902. The van der Waals surface area contributed by atoms with E-state index >= 15 is 0 Å². The monoisotopic (exact) mass is 350 g/mol. The fourth-order valence-corrected chi connectivity index (χ4v) is 2.20. The average molecular weight is 350 g/mol. The number of halogens is 3. The summed E-state index contributed by atoms with van der Waals surface area (Å²) in [7, 11) is 0. The summed E-state index contributed by atoms with van der Waals surface area (Å²) in [5.41, 5.74) is 0.945. The second kappa shape index (κ2) is 6.46. The quantitative estimate of drug-likeness (QED) is 0.767. The van der Waals surface area contributed by atoms with Crippen molar-refractivity contribution in [1.29, 1.82) is 0 Å². The maximum Gasteiger partial charge on any atom is 0.416 e. The summed E-state index contributed by atoms with van der Waals surface area (Å²) in [6.07, 6.45) is -4.41. The van der Waals surface area contributed by atoms with Gasteiger partial charge in [-0.25, -0.2) is 4.98 Å². The van der Waals surface area contributed by atoms with Crippen LogP contribution in [-0.2, 0) is 11.0 Å². The molecular weight excluding hydrogens is 337 g/mol. The van der Waals surface area contributed by atoms with E-state index in [2.05, 4.69) is 10.3 Å². The van der Waals surface area contributed by atoms with Crippen molar-refractivity contribution in [1.82, 2.24) is 4.98 Å². The normalized spacial score (nSPS) is 11.5. The Morgan fingerprint density at radius 1 is 1.20 bits per heavy atom. The summed E-state index contributed by atoms with van der Waals surface area (Å²) in [5, 5.41) is 2.62. The van der Waals surface area contributed by atoms with E-state index in [1.54, 1.807) is 25.1 Å². The van der Waals surface area contributed by atoms with Crippen LogP contribution in [0.5, 0.6) is 5.75 Å². The smallest absolute Gasteiger partial charge is 0.416 e. The van der Waals surface area contributed by atoms with Crippen LogP contribution in [0.3, 0.4) is 0 Å². The molecule has 0 fully saturated rings. The summed E-state index contributed by atoms with van der Waals surface area (Å²) in [5.74, 6) is 0.240. The number of oxazole rings is 1. The lowest BCUT2D eigenvalue weighted by molar-refractivity contribution is -0.137. The van der Waals surface area contributed by atoms with Crippen molar-refractivity contribution < 1.29 is 27.1 Å². The third kappa shape index (κ3) is 4.09. The van der Waals surface area contributed by atoms with Gasteiger partial charge in [-0.2, -0.15) is 13.2 Å². The first-order valence-electron chi connectivity index (χ1n) is 7.28. The van der Waals surface area contributed by atoms with Crippen LogP contribution in [0.25, 0.3) is 11.1 Å². The first-order valence-corrected chi connectivity index (χ1v) is 7.28. The number of carbonyl (C=O) groups is 1. The van der Waals surface area contributed by atoms with Crippen LogP contribution in [-0.4, -0.2) is 17.5 Å². The van der Waals surface area contributed by atoms with Gasteiger partial charge in [-0.1, -0.05) is 0 Å². The van der Waals surface area contributed by atoms with Gasteiger partial charge >= 0.3 is 6.18 Å². The Balaban J connectivity index is 1.58. The van der Waals surface area contributed by atoms with Gasteiger partial charge in [0.05, 0.1) is 5.56 Å². The molecule has 0 saturated carbocycles. The zero-order valence-electron chi connectivity index (χ0n) is 13.1. The molecule has 1 N–H and O–H groups in total. The number of rotatable bonds is 4. The van der Waals surface area contributed by atoms with Crippen LogP contribution >= 0.6 is 0 Å². The van der Waals surface area contributed by atoms with Crippen LogP contribution in [0, 0.1) is 6.92 Å². The van der Waals surface area contributed by atoms with Gasteiger partial charge in [-0.15, -0.1) is 0 Å². The molecule has 8 heteroatoms. The number of fused-ring (bicyclic) bond motifs is 1. The van der Waals surface area contributed by atoms with E-state index in [-0.39, 0.29) is 12.4 Å². The largest absolute Gasteiger partial charge is 0.484 e. The van der Waals surface area contributed by atoms with E-state index in [9.17, 15) is 18.0 Å². The van der Waals surface area contributed by atoms with Crippen molar-refractivity contribution in [2.75, 3.05) is 11.9 Å². The Morgan fingerprint density at radius 3 is 2.60 bits per heavy atom. The zero-order valence-corrected chi connectivity index (χ0v) is 13.1. The molecule has 0 radical (unpaired) electrons.